The number of rotatable bonds is 3. The van der Waals surface area contributed by atoms with E-state index in [1.54, 1.807) is 18.9 Å². The molecule has 2 aromatic rings. The van der Waals surface area contributed by atoms with Gasteiger partial charge in [-0.25, -0.2) is 0 Å². The summed E-state index contributed by atoms with van der Waals surface area (Å²) in [4.78, 5) is 2.53. The highest BCUT2D eigenvalue weighted by atomic mass is 127. The normalized spacial score (nSPS) is 10.3. The molecule has 0 aromatic heterocycles. The van der Waals surface area contributed by atoms with Crippen LogP contribution in [-0.4, -0.2) is 7.11 Å². The van der Waals surface area contributed by atoms with Crippen molar-refractivity contribution < 1.29 is 4.74 Å². The van der Waals surface area contributed by atoms with Crippen LogP contribution in [-0.2, 0) is 0 Å². The lowest BCUT2D eigenvalue weighted by molar-refractivity contribution is 0.414. The van der Waals surface area contributed by atoms with Crippen molar-refractivity contribution >= 4 is 34.4 Å². The summed E-state index contributed by atoms with van der Waals surface area (Å²) in [6.07, 6.45) is 0. The largest absolute Gasteiger partial charge is 0.497 e. The van der Waals surface area contributed by atoms with Crippen LogP contribution in [0, 0.1) is 10.5 Å². The van der Waals surface area contributed by atoms with Gasteiger partial charge in [-0.3, -0.25) is 0 Å². The molecule has 0 radical (unpaired) electrons. The molecule has 0 atom stereocenters. The van der Waals surface area contributed by atoms with Gasteiger partial charge in [-0.2, -0.15) is 0 Å². The molecule has 0 aliphatic heterocycles. The Morgan fingerprint density at radius 3 is 2.35 bits per heavy atom. The lowest BCUT2D eigenvalue weighted by atomic mass is 10.2. The Hall–Kier alpha value is -0.680. The Kier molecular flexibility index (Phi) is 4.34. The van der Waals surface area contributed by atoms with Gasteiger partial charge in [0.25, 0.3) is 0 Å². The molecule has 1 nitrogen and oxygen atoms in total. The molecular weight excluding hydrogens is 343 g/mol. The van der Waals surface area contributed by atoms with Crippen molar-refractivity contribution in [2.45, 2.75) is 16.7 Å². The number of hydrogen-bond acceptors (Lipinski definition) is 2. The Labute approximate surface area is 120 Å². The van der Waals surface area contributed by atoms with E-state index in [0.29, 0.717) is 0 Å². The maximum atomic E-state index is 5.21. The van der Waals surface area contributed by atoms with E-state index in [1.165, 1.54) is 18.9 Å². The van der Waals surface area contributed by atoms with Gasteiger partial charge in [0.2, 0.25) is 0 Å². The molecule has 3 heteroatoms. The number of ether oxygens (including phenoxy) is 1. The van der Waals surface area contributed by atoms with E-state index in [9.17, 15) is 0 Å². The quantitative estimate of drug-likeness (QED) is 0.734. The minimum Gasteiger partial charge on any atom is -0.497 e. The van der Waals surface area contributed by atoms with Gasteiger partial charge in [-0.15, -0.1) is 0 Å². The minimum absolute atomic E-state index is 0.912. The lowest BCUT2D eigenvalue weighted by Gasteiger charge is -2.07. The molecule has 0 saturated heterocycles. The Balaban J connectivity index is 2.21. The van der Waals surface area contributed by atoms with Crippen LogP contribution in [0.25, 0.3) is 0 Å². The Morgan fingerprint density at radius 2 is 1.76 bits per heavy atom. The molecule has 0 aliphatic rings. The Bertz CT molecular complexity index is 508. The van der Waals surface area contributed by atoms with Crippen LogP contribution in [0.15, 0.2) is 52.3 Å². The van der Waals surface area contributed by atoms with Crippen LogP contribution in [0.3, 0.4) is 0 Å². The van der Waals surface area contributed by atoms with Gasteiger partial charge >= 0.3 is 0 Å². The maximum absolute atomic E-state index is 5.21. The zero-order valence-corrected chi connectivity index (χ0v) is 12.7. The molecule has 0 amide bonds. The summed E-state index contributed by atoms with van der Waals surface area (Å²) in [5.41, 5.74) is 1.24. The van der Waals surface area contributed by atoms with E-state index in [1.807, 2.05) is 6.07 Å². The maximum Gasteiger partial charge on any atom is 0.119 e. The van der Waals surface area contributed by atoms with E-state index in [4.69, 9.17) is 4.74 Å². The molecule has 0 heterocycles. The summed E-state index contributed by atoms with van der Waals surface area (Å²) in [7, 11) is 1.70. The van der Waals surface area contributed by atoms with E-state index >= 15 is 0 Å². The van der Waals surface area contributed by atoms with Crippen molar-refractivity contribution in [3.05, 3.63) is 51.6 Å². The zero-order chi connectivity index (χ0) is 12.3. The molecule has 0 N–H and O–H groups in total. The molecule has 17 heavy (non-hydrogen) atoms. The van der Waals surface area contributed by atoms with Crippen molar-refractivity contribution in [2.24, 2.45) is 0 Å². The standard InChI is InChI=1S/C14H13IOS/c1-10-9-12(16-2)5-8-14(10)17-13-6-3-11(15)4-7-13/h3-9H,1-2H3. The second-order valence-corrected chi connectivity index (χ2v) is 6.05. The van der Waals surface area contributed by atoms with E-state index in [-0.39, 0.29) is 0 Å². The second-order valence-electron chi connectivity index (χ2n) is 3.69. The van der Waals surface area contributed by atoms with Crippen LogP contribution in [0.2, 0.25) is 0 Å². The third-order valence-corrected chi connectivity index (χ3v) is 4.33. The first kappa shape index (κ1) is 12.8. The summed E-state index contributed by atoms with van der Waals surface area (Å²) in [6, 6.07) is 14.7. The van der Waals surface area contributed by atoms with Crippen molar-refractivity contribution in [1.82, 2.24) is 0 Å². The average Bonchev–Trinajstić information content (AvgIpc) is 2.34. The number of methoxy groups -OCH3 is 1. The van der Waals surface area contributed by atoms with E-state index < -0.39 is 0 Å². The molecule has 2 rings (SSSR count). The lowest BCUT2D eigenvalue weighted by Crippen LogP contribution is -1.85. The predicted molar refractivity (Wildman–Crippen MR) is 81.0 cm³/mol. The molecule has 0 spiro atoms. The zero-order valence-electron chi connectivity index (χ0n) is 9.74. The summed E-state index contributed by atoms with van der Waals surface area (Å²) >= 11 is 4.10. The molecule has 88 valence electrons. The molecule has 0 aliphatic carbocycles. The number of halogens is 1. The van der Waals surface area contributed by atoms with Crippen LogP contribution in [0.4, 0.5) is 0 Å². The van der Waals surface area contributed by atoms with Crippen molar-refractivity contribution in [2.75, 3.05) is 7.11 Å². The smallest absolute Gasteiger partial charge is 0.119 e. The summed E-state index contributed by atoms with van der Waals surface area (Å²) < 4.78 is 6.47. The van der Waals surface area contributed by atoms with Crippen molar-refractivity contribution in [1.29, 1.82) is 0 Å². The topological polar surface area (TPSA) is 9.23 Å². The Morgan fingerprint density at radius 1 is 1.06 bits per heavy atom. The van der Waals surface area contributed by atoms with Crippen LogP contribution >= 0.6 is 34.4 Å². The number of hydrogen-bond donors (Lipinski definition) is 0. The highest BCUT2D eigenvalue weighted by Gasteiger charge is 2.02. The minimum atomic E-state index is 0.912. The average molecular weight is 356 g/mol. The third-order valence-electron chi connectivity index (χ3n) is 2.42. The third kappa shape index (κ3) is 3.39. The summed E-state index contributed by atoms with van der Waals surface area (Å²) in [6.45, 7) is 2.11. The van der Waals surface area contributed by atoms with E-state index in [0.717, 1.165) is 5.75 Å². The monoisotopic (exact) mass is 356 g/mol. The van der Waals surface area contributed by atoms with Gasteiger partial charge in [0.1, 0.15) is 5.75 Å². The summed E-state index contributed by atoms with van der Waals surface area (Å²) in [5.74, 6) is 0.912. The number of aryl methyl sites for hydroxylation is 1. The molecule has 0 bridgehead atoms. The van der Waals surface area contributed by atoms with Gasteiger partial charge in [-0.05, 0) is 77.5 Å². The fourth-order valence-corrected chi connectivity index (χ4v) is 2.73. The molecule has 0 unspecified atom stereocenters. The highest BCUT2D eigenvalue weighted by molar-refractivity contribution is 14.1. The van der Waals surface area contributed by atoms with Gasteiger partial charge in [-0.1, -0.05) is 11.8 Å². The van der Waals surface area contributed by atoms with Gasteiger partial charge in [0, 0.05) is 13.4 Å². The first-order valence-electron chi connectivity index (χ1n) is 5.27. The molecule has 0 saturated carbocycles. The fourth-order valence-electron chi connectivity index (χ4n) is 1.49. The van der Waals surface area contributed by atoms with Crippen LogP contribution in [0.5, 0.6) is 5.75 Å². The highest BCUT2D eigenvalue weighted by Crippen LogP contribution is 2.32. The van der Waals surface area contributed by atoms with Gasteiger partial charge in [0.15, 0.2) is 0 Å². The number of benzene rings is 2. The first-order chi connectivity index (χ1) is 8.19. The van der Waals surface area contributed by atoms with Crippen LogP contribution in [0.1, 0.15) is 5.56 Å². The van der Waals surface area contributed by atoms with Crippen molar-refractivity contribution in [3.63, 3.8) is 0 Å². The van der Waals surface area contributed by atoms with Gasteiger partial charge < -0.3 is 4.74 Å². The predicted octanol–water partition coefficient (Wildman–Crippen LogP) is 4.76. The molecule has 2 aromatic carbocycles. The SMILES string of the molecule is COc1ccc(Sc2ccc(I)cc2)c(C)c1. The van der Waals surface area contributed by atoms with Crippen LogP contribution < -0.4 is 4.74 Å². The van der Waals surface area contributed by atoms with E-state index in [2.05, 4.69) is 65.9 Å². The second kappa shape index (κ2) is 5.78. The van der Waals surface area contributed by atoms with Crippen molar-refractivity contribution in [3.8, 4) is 5.75 Å². The molecular formula is C14H13IOS. The first-order valence-corrected chi connectivity index (χ1v) is 7.16. The van der Waals surface area contributed by atoms with Gasteiger partial charge in [0.05, 0.1) is 7.11 Å². The molecule has 0 fully saturated rings. The summed E-state index contributed by atoms with van der Waals surface area (Å²) in [5, 5.41) is 0. The fraction of sp³-hybridized carbons (Fsp3) is 0.143.